The van der Waals surface area contributed by atoms with E-state index in [1.54, 1.807) is 12.1 Å². The second-order valence-electron chi connectivity index (χ2n) is 8.92. The van der Waals surface area contributed by atoms with Gasteiger partial charge in [-0.25, -0.2) is 9.78 Å². The summed E-state index contributed by atoms with van der Waals surface area (Å²) in [5.74, 6) is -0.00161. The van der Waals surface area contributed by atoms with Crippen LogP contribution in [-0.4, -0.2) is 27.7 Å². The van der Waals surface area contributed by atoms with Gasteiger partial charge in [-0.2, -0.15) is 0 Å². The van der Waals surface area contributed by atoms with Crippen molar-refractivity contribution < 1.29 is 9.90 Å². The first-order valence-electron chi connectivity index (χ1n) is 9.55. The lowest BCUT2D eigenvalue weighted by Crippen LogP contribution is -2.45. The number of anilines is 1. The molecule has 0 unspecified atom stereocenters. The highest BCUT2D eigenvalue weighted by Gasteiger charge is 2.34. The molecular formula is C22H31N3O2S. The monoisotopic (exact) mass is 401 g/mol. The van der Waals surface area contributed by atoms with E-state index in [9.17, 15) is 4.79 Å². The lowest BCUT2D eigenvalue weighted by Gasteiger charge is -2.39. The van der Waals surface area contributed by atoms with Crippen molar-refractivity contribution in [3.8, 4) is 0 Å². The minimum absolute atomic E-state index is 0.0439. The van der Waals surface area contributed by atoms with E-state index in [0.29, 0.717) is 23.4 Å². The molecule has 0 atom stereocenters. The van der Waals surface area contributed by atoms with Gasteiger partial charge in [0.2, 0.25) is 0 Å². The van der Waals surface area contributed by atoms with Crippen molar-refractivity contribution in [3.05, 3.63) is 47.3 Å². The van der Waals surface area contributed by atoms with Crippen LogP contribution in [0.1, 0.15) is 58.8 Å². The largest absolute Gasteiger partial charge is 0.478 e. The number of carboxylic acid groups (broad SMARTS) is 1. The standard InChI is InChI=1S/C22H31N3O2S/c1-14(2)13-25(17-9-8-16(12-23-17)19(26)27)20(28)24-18-15(3)21(4,5)10-11-22(18,6)7/h8-12,14H,13H2,1-7H3,(H,24,28)(H,26,27). The Kier molecular flexibility index (Phi) is 6.34. The van der Waals surface area contributed by atoms with E-state index < -0.39 is 5.97 Å². The number of aromatic nitrogens is 1. The molecule has 1 aliphatic carbocycles. The number of allylic oxidation sites excluding steroid dienone is 3. The normalized spacial score (nSPS) is 17.6. The summed E-state index contributed by atoms with van der Waals surface area (Å²) >= 11 is 5.77. The lowest BCUT2D eigenvalue weighted by atomic mass is 9.71. The summed E-state index contributed by atoms with van der Waals surface area (Å²) in [6, 6.07) is 3.26. The third kappa shape index (κ3) is 4.79. The highest BCUT2D eigenvalue weighted by molar-refractivity contribution is 7.80. The van der Waals surface area contributed by atoms with Crippen LogP contribution < -0.4 is 10.2 Å². The number of carboxylic acids is 1. The highest BCUT2D eigenvalue weighted by Crippen LogP contribution is 2.42. The van der Waals surface area contributed by atoms with E-state index >= 15 is 0 Å². The maximum atomic E-state index is 11.1. The molecule has 0 fully saturated rings. The summed E-state index contributed by atoms with van der Waals surface area (Å²) in [6.45, 7) is 15.8. The van der Waals surface area contributed by atoms with Gasteiger partial charge in [0.15, 0.2) is 5.11 Å². The minimum atomic E-state index is -0.992. The molecule has 0 aliphatic heterocycles. The fraction of sp³-hybridized carbons (Fsp3) is 0.500. The maximum absolute atomic E-state index is 11.1. The molecule has 28 heavy (non-hydrogen) atoms. The van der Waals surface area contributed by atoms with Crippen molar-refractivity contribution >= 4 is 29.1 Å². The molecule has 0 aromatic carbocycles. The van der Waals surface area contributed by atoms with Crippen molar-refractivity contribution in [3.63, 3.8) is 0 Å². The Hall–Kier alpha value is -2.21. The predicted octanol–water partition coefficient (Wildman–Crippen LogP) is 5.01. The summed E-state index contributed by atoms with van der Waals surface area (Å²) in [5, 5.41) is 13.2. The van der Waals surface area contributed by atoms with Gasteiger partial charge in [-0.3, -0.25) is 0 Å². The van der Waals surface area contributed by atoms with Crippen LogP contribution >= 0.6 is 12.2 Å². The van der Waals surface area contributed by atoms with Crippen LogP contribution in [0.5, 0.6) is 0 Å². The molecule has 1 aliphatic rings. The van der Waals surface area contributed by atoms with E-state index in [4.69, 9.17) is 17.3 Å². The summed E-state index contributed by atoms with van der Waals surface area (Å²) in [6.07, 6.45) is 5.83. The summed E-state index contributed by atoms with van der Waals surface area (Å²) in [4.78, 5) is 17.4. The van der Waals surface area contributed by atoms with Crippen LogP contribution in [0.3, 0.4) is 0 Å². The van der Waals surface area contributed by atoms with Crippen molar-refractivity contribution in [2.75, 3.05) is 11.4 Å². The zero-order valence-corrected chi connectivity index (χ0v) is 18.6. The van der Waals surface area contributed by atoms with E-state index in [1.807, 2.05) is 4.90 Å². The average molecular weight is 402 g/mol. The zero-order valence-electron chi connectivity index (χ0n) is 17.8. The molecule has 1 aromatic heterocycles. The number of nitrogens with zero attached hydrogens (tertiary/aromatic N) is 2. The second kappa shape index (κ2) is 8.03. The molecule has 1 aromatic rings. The summed E-state index contributed by atoms with van der Waals surface area (Å²) in [5.41, 5.74) is 2.30. The number of nitrogens with one attached hydrogen (secondary N) is 1. The first kappa shape index (κ1) is 22.1. The van der Waals surface area contributed by atoms with Crippen LogP contribution in [0.4, 0.5) is 5.82 Å². The molecule has 6 heteroatoms. The zero-order chi connectivity index (χ0) is 21.3. The SMILES string of the molecule is CC1=C(NC(=S)N(CC(C)C)c2ccc(C(=O)O)cn2)C(C)(C)C=CC1(C)C. The third-order valence-electron chi connectivity index (χ3n) is 5.20. The minimum Gasteiger partial charge on any atom is -0.478 e. The van der Waals surface area contributed by atoms with Crippen molar-refractivity contribution in [1.29, 1.82) is 0 Å². The van der Waals surface area contributed by atoms with Gasteiger partial charge >= 0.3 is 5.97 Å². The number of pyridine rings is 1. The van der Waals surface area contributed by atoms with Crippen LogP contribution in [0.25, 0.3) is 0 Å². The Bertz CT molecular complexity index is 821. The first-order chi connectivity index (χ1) is 12.8. The molecule has 1 heterocycles. The third-order valence-corrected chi connectivity index (χ3v) is 5.52. The highest BCUT2D eigenvalue weighted by atomic mass is 32.1. The molecular weight excluding hydrogens is 370 g/mol. The van der Waals surface area contributed by atoms with Crippen LogP contribution in [0, 0.1) is 16.7 Å². The van der Waals surface area contributed by atoms with Gasteiger partial charge < -0.3 is 15.3 Å². The van der Waals surface area contributed by atoms with Crippen molar-refractivity contribution in [2.24, 2.45) is 16.7 Å². The van der Waals surface area contributed by atoms with Crippen LogP contribution in [0.15, 0.2) is 41.8 Å². The fourth-order valence-electron chi connectivity index (χ4n) is 3.18. The maximum Gasteiger partial charge on any atom is 0.337 e. The molecule has 0 saturated carbocycles. The number of hydrogen-bond donors (Lipinski definition) is 2. The average Bonchev–Trinajstić information content (AvgIpc) is 2.60. The predicted molar refractivity (Wildman–Crippen MR) is 119 cm³/mol. The molecule has 2 N–H and O–H groups in total. The molecule has 0 radical (unpaired) electrons. The van der Waals surface area contributed by atoms with Gasteiger partial charge in [-0.1, -0.05) is 53.7 Å². The summed E-state index contributed by atoms with van der Waals surface area (Å²) < 4.78 is 0. The smallest absolute Gasteiger partial charge is 0.337 e. The van der Waals surface area contributed by atoms with Crippen molar-refractivity contribution in [2.45, 2.75) is 48.5 Å². The first-order valence-corrected chi connectivity index (χ1v) is 9.96. The Labute approximate surface area is 173 Å². The van der Waals surface area contributed by atoms with Crippen LogP contribution in [0.2, 0.25) is 0 Å². The van der Waals surface area contributed by atoms with E-state index in [2.05, 4.69) is 70.9 Å². The van der Waals surface area contributed by atoms with Gasteiger partial charge in [0.05, 0.1) is 5.56 Å². The number of hydrogen-bond acceptors (Lipinski definition) is 3. The van der Waals surface area contributed by atoms with Gasteiger partial charge in [0.1, 0.15) is 5.82 Å². The van der Waals surface area contributed by atoms with E-state index in [0.717, 1.165) is 5.70 Å². The molecule has 5 nitrogen and oxygen atoms in total. The van der Waals surface area contributed by atoms with Gasteiger partial charge in [0.25, 0.3) is 0 Å². The van der Waals surface area contributed by atoms with E-state index in [1.165, 1.54) is 11.8 Å². The topological polar surface area (TPSA) is 65.5 Å². The van der Waals surface area contributed by atoms with Gasteiger partial charge in [-0.15, -0.1) is 0 Å². The molecule has 152 valence electrons. The lowest BCUT2D eigenvalue weighted by molar-refractivity contribution is 0.0696. The van der Waals surface area contributed by atoms with Crippen molar-refractivity contribution in [1.82, 2.24) is 10.3 Å². The molecule has 0 amide bonds. The van der Waals surface area contributed by atoms with E-state index in [-0.39, 0.29) is 16.4 Å². The molecule has 0 bridgehead atoms. The second-order valence-corrected chi connectivity index (χ2v) is 9.31. The molecule has 0 saturated heterocycles. The Morgan fingerprint density at radius 1 is 1.21 bits per heavy atom. The fourth-order valence-corrected chi connectivity index (χ4v) is 3.45. The number of thiocarbonyl (C=S) groups is 1. The number of carbonyl (C=O) groups is 1. The Morgan fingerprint density at radius 2 is 1.82 bits per heavy atom. The molecule has 0 spiro atoms. The molecule has 2 rings (SSSR count). The Balaban J connectivity index is 2.37. The summed E-state index contributed by atoms with van der Waals surface area (Å²) in [7, 11) is 0. The van der Waals surface area contributed by atoms with Crippen LogP contribution in [-0.2, 0) is 0 Å². The van der Waals surface area contributed by atoms with Gasteiger partial charge in [0, 0.05) is 29.3 Å². The quantitative estimate of drug-likeness (QED) is 0.534. The number of rotatable bonds is 5. The van der Waals surface area contributed by atoms with Gasteiger partial charge in [-0.05, 0) is 42.8 Å². The number of aromatic carboxylic acids is 1. The Morgan fingerprint density at radius 3 is 2.32 bits per heavy atom.